The number of cyclic esters (lactones) is 1. The first-order valence-corrected chi connectivity index (χ1v) is 7.60. The SMILES string of the molecule is COC(=O)[C@H]1C(=O)OC(C)(C)[C@H]1[C@H](C)C(=O)c1ccc(C)cc1. The lowest BCUT2D eigenvalue weighted by molar-refractivity contribution is -0.156. The first kappa shape index (κ1) is 17.2. The highest BCUT2D eigenvalue weighted by Crippen LogP contribution is 2.43. The smallest absolute Gasteiger partial charge is 0.321 e. The van der Waals surface area contributed by atoms with Crippen LogP contribution in [-0.2, 0) is 19.1 Å². The van der Waals surface area contributed by atoms with Crippen molar-refractivity contribution in [3.05, 3.63) is 35.4 Å². The van der Waals surface area contributed by atoms with E-state index in [1.165, 1.54) is 7.11 Å². The lowest BCUT2D eigenvalue weighted by atomic mass is 9.72. The highest BCUT2D eigenvalue weighted by molar-refractivity contribution is 6.01. The van der Waals surface area contributed by atoms with Crippen LogP contribution < -0.4 is 0 Å². The van der Waals surface area contributed by atoms with E-state index in [9.17, 15) is 14.4 Å². The van der Waals surface area contributed by atoms with E-state index in [1.807, 2.05) is 19.1 Å². The van der Waals surface area contributed by atoms with Gasteiger partial charge in [-0.15, -0.1) is 0 Å². The molecule has 1 aromatic rings. The van der Waals surface area contributed by atoms with Gasteiger partial charge in [-0.05, 0) is 20.8 Å². The summed E-state index contributed by atoms with van der Waals surface area (Å²) in [5.41, 5.74) is 0.707. The molecule has 23 heavy (non-hydrogen) atoms. The van der Waals surface area contributed by atoms with Crippen LogP contribution in [0.25, 0.3) is 0 Å². The van der Waals surface area contributed by atoms with Crippen molar-refractivity contribution in [3.8, 4) is 0 Å². The van der Waals surface area contributed by atoms with E-state index < -0.39 is 35.3 Å². The van der Waals surface area contributed by atoms with E-state index in [0.717, 1.165) is 5.56 Å². The van der Waals surface area contributed by atoms with Gasteiger partial charge in [0.15, 0.2) is 11.7 Å². The highest BCUT2D eigenvalue weighted by atomic mass is 16.6. The monoisotopic (exact) mass is 318 g/mol. The summed E-state index contributed by atoms with van der Waals surface area (Å²) in [5, 5.41) is 0. The van der Waals surface area contributed by atoms with Gasteiger partial charge in [-0.1, -0.05) is 36.8 Å². The van der Waals surface area contributed by atoms with Gasteiger partial charge in [-0.3, -0.25) is 14.4 Å². The van der Waals surface area contributed by atoms with Crippen molar-refractivity contribution in [3.63, 3.8) is 0 Å². The summed E-state index contributed by atoms with van der Waals surface area (Å²) in [5.74, 6) is -3.60. The van der Waals surface area contributed by atoms with Crippen LogP contribution in [0.2, 0.25) is 0 Å². The molecule has 0 aromatic heterocycles. The maximum absolute atomic E-state index is 12.8. The molecule has 0 saturated carbocycles. The number of ketones is 1. The molecule has 1 fully saturated rings. The van der Waals surface area contributed by atoms with E-state index in [-0.39, 0.29) is 5.78 Å². The average Bonchev–Trinajstić information content (AvgIpc) is 2.74. The Morgan fingerprint density at radius 2 is 1.78 bits per heavy atom. The molecule has 3 atom stereocenters. The Labute approximate surface area is 136 Å². The summed E-state index contributed by atoms with van der Waals surface area (Å²) in [7, 11) is 1.23. The minimum Gasteiger partial charge on any atom is -0.468 e. The van der Waals surface area contributed by atoms with Gasteiger partial charge in [-0.2, -0.15) is 0 Å². The molecule has 0 radical (unpaired) electrons. The third-order valence-electron chi connectivity index (χ3n) is 4.52. The Kier molecular flexibility index (Phi) is 4.59. The second-order valence-electron chi connectivity index (χ2n) is 6.57. The largest absolute Gasteiger partial charge is 0.468 e. The molecule has 5 nitrogen and oxygen atoms in total. The van der Waals surface area contributed by atoms with Crippen LogP contribution in [0.5, 0.6) is 0 Å². The first-order chi connectivity index (χ1) is 10.7. The Morgan fingerprint density at radius 1 is 1.22 bits per heavy atom. The number of Topliss-reactive ketones (excluding diaryl/α,β-unsaturated/α-hetero) is 1. The van der Waals surface area contributed by atoms with Crippen LogP contribution in [0.3, 0.4) is 0 Å². The third kappa shape index (κ3) is 3.14. The van der Waals surface area contributed by atoms with Crippen molar-refractivity contribution in [2.45, 2.75) is 33.3 Å². The Morgan fingerprint density at radius 3 is 2.30 bits per heavy atom. The number of carbonyl (C=O) groups excluding carboxylic acids is 3. The standard InChI is InChI=1S/C18H22O5/c1-10-6-8-12(9-7-10)15(19)11(2)14-13(16(20)22-5)17(21)23-18(14,3)4/h6-9,11,13-14H,1-5H3/t11-,13-,14-/m0/s1. The number of hydrogen-bond donors (Lipinski definition) is 0. The van der Waals surface area contributed by atoms with E-state index in [2.05, 4.69) is 0 Å². The molecule has 0 spiro atoms. The van der Waals surface area contributed by atoms with Gasteiger partial charge in [0.25, 0.3) is 0 Å². The zero-order valence-electron chi connectivity index (χ0n) is 14.1. The molecule has 0 aliphatic carbocycles. The van der Waals surface area contributed by atoms with E-state index >= 15 is 0 Å². The lowest BCUT2D eigenvalue weighted by Gasteiger charge is -2.30. The molecule has 0 amide bonds. The topological polar surface area (TPSA) is 69.7 Å². The number of hydrogen-bond acceptors (Lipinski definition) is 5. The number of methoxy groups -OCH3 is 1. The van der Waals surface area contributed by atoms with Crippen LogP contribution in [0.1, 0.15) is 36.7 Å². The third-order valence-corrected chi connectivity index (χ3v) is 4.52. The first-order valence-electron chi connectivity index (χ1n) is 7.60. The molecular weight excluding hydrogens is 296 g/mol. The summed E-state index contributed by atoms with van der Waals surface area (Å²) in [6, 6.07) is 7.23. The molecule has 0 unspecified atom stereocenters. The minimum atomic E-state index is -1.07. The molecule has 5 heteroatoms. The number of aryl methyl sites for hydroxylation is 1. The average molecular weight is 318 g/mol. The van der Waals surface area contributed by atoms with Gasteiger partial charge in [-0.25, -0.2) is 0 Å². The molecule has 1 saturated heterocycles. The van der Waals surface area contributed by atoms with Crippen molar-refractivity contribution in [1.29, 1.82) is 0 Å². The summed E-state index contributed by atoms with van der Waals surface area (Å²) in [6.07, 6.45) is 0. The fourth-order valence-electron chi connectivity index (χ4n) is 3.34. The normalized spacial score (nSPS) is 24.0. The highest BCUT2D eigenvalue weighted by Gasteiger charge is 2.57. The molecular formula is C18H22O5. The number of ether oxygens (including phenoxy) is 2. The van der Waals surface area contributed by atoms with Crippen molar-refractivity contribution >= 4 is 17.7 Å². The molecule has 1 aromatic carbocycles. The van der Waals surface area contributed by atoms with Gasteiger partial charge < -0.3 is 9.47 Å². The lowest BCUT2D eigenvalue weighted by Crippen LogP contribution is -2.41. The van der Waals surface area contributed by atoms with Gasteiger partial charge in [0.05, 0.1) is 7.11 Å². The number of esters is 2. The molecule has 2 rings (SSSR count). The molecule has 1 aliphatic heterocycles. The predicted molar refractivity (Wildman–Crippen MR) is 83.8 cm³/mol. The van der Waals surface area contributed by atoms with Gasteiger partial charge >= 0.3 is 11.9 Å². The van der Waals surface area contributed by atoms with E-state index in [0.29, 0.717) is 5.56 Å². The summed E-state index contributed by atoms with van der Waals surface area (Å²) < 4.78 is 10.1. The number of benzene rings is 1. The van der Waals surface area contributed by atoms with Crippen LogP contribution in [-0.4, -0.2) is 30.4 Å². The molecule has 0 bridgehead atoms. The second-order valence-corrected chi connectivity index (χ2v) is 6.57. The fourth-order valence-corrected chi connectivity index (χ4v) is 3.34. The van der Waals surface area contributed by atoms with E-state index in [4.69, 9.17) is 9.47 Å². The zero-order chi connectivity index (χ0) is 17.4. The van der Waals surface area contributed by atoms with Crippen LogP contribution in [0.15, 0.2) is 24.3 Å². The summed E-state index contributed by atoms with van der Waals surface area (Å²) >= 11 is 0. The summed E-state index contributed by atoms with van der Waals surface area (Å²) in [6.45, 7) is 7.11. The quantitative estimate of drug-likeness (QED) is 0.485. The maximum Gasteiger partial charge on any atom is 0.321 e. The van der Waals surface area contributed by atoms with E-state index in [1.54, 1.807) is 32.9 Å². The fraction of sp³-hybridized carbons (Fsp3) is 0.500. The van der Waals surface area contributed by atoms with Crippen molar-refractivity contribution in [2.24, 2.45) is 17.8 Å². The predicted octanol–water partition coefficient (Wildman–Crippen LogP) is 2.55. The molecule has 1 heterocycles. The van der Waals surface area contributed by atoms with Crippen molar-refractivity contribution in [2.75, 3.05) is 7.11 Å². The molecule has 1 aliphatic rings. The van der Waals surface area contributed by atoms with Gasteiger partial charge in [0.1, 0.15) is 5.60 Å². The Hall–Kier alpha value is -2.17. The van der Waals surface area contributed by atoms with Crippen LogP contribution in [0, 0.1) is 24.7 Å². The van der Waals surface area contributed by atoms with Crippen molar-refractivity contribution < 1.29 is 23.9 Å². The second kappa shape index (κ2) is 6.14. The van der Waals surface area contributed by atoms with Crippen molar-refractivity contribution in [1.82, 2.24) is 0 Å². The maximum atomic E-state index is 12.8. The summed E-state index contributed by atoms with van der Waals surface area (Å²) in [4.78, 5) is 36.8. The molecule has 0 N–H and O–H groups in total. The van der Waals surface area contributed by atoms with Gasteiger partial charge in [0, 0.05) is 17.4 Å². The zero-order valence-corrected chi connectivity index (χ0v) is 14.1. The van der Waals surface area contributed by atoms with Crippen LogP contribution >= 0.6 is 0 Å². The number of rotatable bonds is 4. The molecule has 124 valence electrons. The van der Waals surface area contributed by atoms with Gasteiger partial charge in [0.2, 0.25) is 0 Å². The van der Waals surface area contributed by atoms with Crippen LogP contribution in [0.4, 0.5) is 0 Å². The Bertz CT molecular complexity index is 629. The Balaban J connectivity index is 2.35. The minimum absolute atomic E-state index is 0.115. The number of carbonyl (C=O) groups is 3.